The van der Waals surface area contributed by atoms with Crippen LogP contribution in [0, 0.1) is 17.3 Å². The van der Waals surface area contributed by atoms with Crippen molar-refractivity contribution in [1.29, 1.82) is 0 Å². The van der Waals surface area contributed by atoms with Gasteiger partial charge in [-0.05, 0) is 103 Å². The van der Waals surface area contributed by atoms with Gasteiger partial charge in [0.1, 0.15) is 11.5 Å². The van der Waals surface area contributed by atoms with E-state index in [1.165, 1.54) is 5.56 Å². The van der Waals surface area contributed by atoms with E-state index < -0.39 is 15.9 Å². The molecular formula is C26H33NO5S. The number of nitrogens with two attached hydrogens (primary N) is 1. The quantitative estimate of drug-likeness (QED) is 0.684. The number of benzene rings is 2. The molecule has 0 unspecified atom stereocenters. The minimum atomic E-state index is -4.03. The second kappa shape index (κ2) is 8.00. The summed E-state index contributed by atoms with van der Waals surface area (Å²) in [5, 5.41) is 17.0. The first-order chi connectivity index (χ1) is 15.6. The maximum absolute atomic E-state index is 12.0. The van der Waals surface area contributed by atoms with Gasteiger partial charge < -0.3 is 14.0 Å². The average molecular weight is 472 g/mol. The first-order valence-electron chi connectivity index (χ1n) is 11.8. The molecule has 2 aromatic carbocycles. The summed E-state index contributed by atoms with van der Waals surface area (Å²) >= 11 is 0. The van der Waals surface area contributed by atoms with Gasteiger partial charge in [-0.15, -0.1) is 0 Å². The van der Waals surface area contributed by atoms with Gasteiger partial charge in [-0.1, -0.05) is 25.1 Å². The van der Waals surface area contributed by atoms with E-state index in [0.717, 1.165) is 55.4 Å². The van der Waals surface area contributed by atoms with Crippen LogP contribution in [0.25, 0.3) is 0 Å². The second-order valence-electron chi connectivity index (χ2n) is 10.4. The average Bonchev–Trinajstić information content (AvgIpc) is 3.03. The van der Waals surface area contributed by atoms with Crippen LogP contribution in [-0.2, 0) is 23.1 Å². The molecule has 0 spiro atoms. The van der Waals surface area contributed by atoms with Crippen LogP contribution in [-0.4, -0.2) is 26.2 Å². The van der Waals surface area contributed by atoms with Crippen LogP contribution >= 0.6 is 0 Å². The van der Waals surface area contributed by atoms with Crippen molar-refractivity contribution in [2.45, 2.75) is 63.4 Å². The number of hydrogen-bond acceptors (Lipinski definition) is 5. The van der Waals surface area contributed by atoms with Crippen LogP contribution in [0.2, 0.25) is 0 Å². The molecule has 178 valence electrons. The zero-order chi connectivity index (χ0) is 23.4. The zero-order valence-corrected chi connectivity index (χ0v) is 20.1. The van der Waals surface area contributed by atoms with Crippen LogP contribution in [0.15, 0.2) is 42.5 Å². The van der Waals surface area contributed by atoms with E-state index in [4.69, 9.17) is 14.1 Å². The Labute approximate surface area is 196 Å². The molecule has 0 aliphatic heterocycles. The van der Waals surface area contributed by atoms with Crippen LogP contribution in [0.3, 0.4) is 0 Å². The van der Waals surface area contributed by atoms with Crippen molar-refractivity contribution in [2.24, 2.45) is 22.4 Å². The predicted octanol–water partition coefficient (Wildman–Crippen LogP) is 4.11. The Morgan fingerprint density at radius 1 is 1.09 bits per heavy atom. The molecule has 3 aliphatic rings. The molecule has 0 bridgehead atoms. The number of aliphatic hydroxyl groups is 1. The van der Waals surface area contributed by atoms with Gasteiger partial charge in [0.05, 0.1) is 12.7 Å². The molecule has 0 aromatic heterocycles. The Kier molecular flexibility index (Phi) is 5.50. The minimum absolute atomic E-state index is 0.120. The SMILES string of the molecule is COc1cccc(C[C@]2(O)CC[C@H]3[C@@H]4CCc5cc(OS(N)(=O)=O)ccc5[C@H]4CC[C@@]32C)c1. The highest BCUT2D eigenvalue weighted by Gasteiger charge is 2.61. The van der Waals surface area contributed by atoms with Gasteiger partial charge in [0.25, 0.3) is 0 Å². The molecule has 5 rings (SSSR count). The smallest absolute Gasteiger partial charge is 0.380 e. The van der Waals surface area contributed by atoms with Crippen molar-refractivity contribution < 1.29 is 22.4 Å². The summed E-state index contributed by atoms with van der Waals surface area (Å²) in [5.74, 6) is 2.55. The van der Waals surface area contributed by atoms with Gasteiger partial charge in [-0.25, -0.2) is 0 Å². The van der Waals surface area contributed by atoms with Crippen LogP contribution < -0.4 is 14.1 Å². The Hall–Kier alpha value is -2.09. The van der Waals surface area contributed by atoms with Crippen molar-refractivity contribution in [2.75, 3.05) is 7.11 Å². The highest BCUT2D eigenvalue weighted by Crippen LogP contribution is 2.65. The predicted molar refractivity (Wildman–Crippen MR) is 126 cm³/mol. The summed E-state index contributed by atoms with van der Waals surface area (Å²) in [6.07, 6.45) is 6.46. The maximum atomic E-state index is 12.0. The summed E-state index contributed by atoms with van der Waals surface area (Å²) in [5.41, 5.74) is 2.75. The fraction of sp³-hybridized carbons (Fsp3) is 0.538. The number of fused-ring (bicyclic) bond motifs is 5. The molecule has 7 heteroatoms. The fourth-order valence-electron chi connectivity index (χ4n) is 7.27. The number of aryl methyl sites for hydroxylation is 1. The molecule has 2 aromatic rings. The van der Waals surface area contributed by atoms with Crippen molar-refractivity contribution in [3.05, 3.63) is 59.2 Å². The third kappa shape index (κ3) is 3.94. The molecule has 6 nitrogen and oxygen atoms in total. The standard InChI is InChI=1S/C26H33NO5S/c1-25-12-10-22-21-9-7-20(32-33(27,29)30)15-18(21)6-8-23(22)24(25)11-13-26(25,28)16-17-4-3-5-19(14-17)31-2/h3-5,7,9,14-15,22-24,28H,6,8,10-13,16H2,1-2H3,(H2,27,29,30)/t22-,23-,24+,25+,26-/m1/s1. The summed E-state index contributed by atoms with van der Waals surface area (Å²) in [7, 11) is -2.35. The Bertz CT molecular complexity index is 1170. The van der Waals surface area contributed by atoms with Gasteiger partial charge in [-0.2, -0.15) is 13.6 Å². The lowest BCUT2D eigenvalue weighted by Crippen LogP contribution is -2.51. The Morgan fingerprint density at radius 2 is 1.91 bits per heavy atom. The molecule has 2 saturated carbocycles. The lowest BCUT2D eigenvalue weighted by Gasteiger charge is -2.53. The molecule has 0 saturated heterocycles. The maximum Gasteiger partial charge on any atom is 0.380 e. The van der Waals surface area contributed by atoms with E-state index in [0.29, 0.717) is 24.2 Å². The van der Waals surface area contributed by atoms with E-state index in [1.807, 2.05) is 30.3 Å². The Balaban J connectivity index is 1.39. The van der Waals surface area contributed by atoms with E-state index in [-0.39, 0.29) is 11.2 Å². The summed E-state index contributed by atoms with van der Waals surface area (Å²) in [4.78, 5) is 0. The topological polar surface area (TPSA) is 98.8 Å². The zero-order valence-electron chi connectivity index (χ0n) is 19.3. The minimum Gasteiger partial charge on any atom is -0.497 e. The fourth-order valence-corrected chi connectivity index (χ4v) is 7.64. The molecule has 3 N–H and O–H groups in total. The molecule has 0 radical (unpaired) electrons. The van der Waals surface area contributed by atoms with Crippen molar-refractivity contribution >= 4 is 10.3 Å². The summed E-state index contributed by atoms with van der Waals surface area (Å²) in [6.45, 7) is 2.31. The molecule has 5 atom stereocenters. The van der Waals surface area contributed by atoms with Gasteiger partial charge in [-0.3, -0.25) is 0 Å². The van der Waals surface area contributed by atoms with Crippen LogP contribution in [0.5, 0.6) is 11.5 Å². The van der Waals surface area contributed by atoms with Gasteiger partial charge in [0.15, 0.2) is 0 Å². The second-order valence-corrected chi connectivity index (χ2v) is 11.6. The number of ether oxygens (including phenoxy) is 1. The summed E-state index contributed by atoms with van der Waals surface area (Å²) in [6, 6.07) is 13.6. The molecule has 0 amide bonds. The molecule has 0 heterocycles. The molecule has 2 fully saturated rings. The lowest BCUT2D eigenvalue weighted by atomic mass is 9.53. The van der Waals surface area contributed by atoms with E-state index >= 15 is 0 Å². The van der Waals surface area contributed by atoms with Crippen molar-refractivity contribution in [3.63, 3.8) is 0 Å². The first-order valence-corrected chi connectivity index (χ1v) is 13.3. The highest BCUT2D eigenvalue weighted by atomic mass is 32.2. The molecular weight excluding hydrogens is 438 g/mol. The third-order valence-corrected chi connectivity index (χ3v) is 9.29. The number of hydrogen-bond donors (Lipinski definition) is 2. The van der Waals surface area contributed by atoms with Gasteiger partial charge in [0.2, 0.25) is 0 Å². The van der Waals surface area contributed by atoms with Crippen LogP contribution in [0.4, 0.5) is 0 Å². The van der Waals surface area contributed by atoms with E-state index in [9.17, 15) is 13.5 Å². The van der Waals surface area contributed by atoms with E-state index in [1.54, 1.807) is 13.2 Å². The third-order valence-electron chi connectivity index (χ3n) is 8.86. The summed E-state index contributed by atoms with van der Waals surface area (Å²) < 4.78 is 32.9. The normalized spacial score (nSPS) is 33.0. The van der Waals surface area contributed by atoms with Crippen molar-refractivity contribution in [3.8, 4) is 11.5 Å². The van der Waals surface area contributed by atoms with Gasteiger partial charge >= 0.3 is 10.3 Å². The first kappa shape index (κ1) is 22.7. The number of methoxy groups -OCH3 is 1. The highest BCUT2D eigenvalue weighted by molar-refractivity contribution is 7.84. The van der Waals surface area contributed by atoms with E-state index in [2.05, 4.69) is 13.0 Å². The monoisotopic (exact) mass is 471 g/mol. The lowest BCUT2D eigenvalue weighted by molar-refractivity contribution is -0.102. The number of rotatable bonds is 5. The van der Waals surface area contributed by atoms with Crippen molar-refractivity contribution in [1.82, 2.24) is 0 Å². The van der Waals surface area contributed by atoms with Gasteiger partial charge in [0, 0.05) is 6.42 Å². The molecule has 3 aliphatic carbocycles. The van der Waals surface area contributed by atoms with Crippen LogP contribution in [0.1, 0.15) is 61.6 Å². The Morgan fingerprint density at radius 3 is 2.67 bits per heavy atom. The molecule has 33 heavy (non-hydrogen) atoms. The largest absolute Gasteiger partial charge is 0.497 e.